The summed E-state index contributed by atoms with van der Waals surface area (Å²) < 4.78 is 1.95. The summed E-state index contributed by atoms with van der Waals surface area (Å²) in [6.45, 7) is 7.33. The molecule has 2 aromatic carbocycles. The number of benzene rings is 2. The lowest BCUT2D eigenvalue weighted by Gasteiger charge is -2.22. The van der Waals surface area contributed by atoms with Crippen LogP contribution in [0.25, 0.3) is 22.0 Å². The van der Waals surface area contributed by atoms with Crippen LogP contribution in [-0.4, -0.2) is 61.9 Å². The Labute approximate surface area is 268 Å². The molecule has 0 bridgehead atoms. The highest BCUT2D eigenvalue weighted by molar-refractivity contribution is 6.04. The topological polar surface area (TPSA) is 120 Å². The summed E-state index contributed by atoms with van der Waals surface area (Å²) in [5, 5.41) is 25.5. The Morgan fingerprint density at radius 1 is 0.978 bits per heavy atom. The highest BCUT2D eigenvalue weighted by atomic mass is 16.3. The quantitative estimate of drug-likeness (QED) is 0.175. The van der Waals surface area contributed by atoms with Crippen LogP contribution >= 0.6 is 0 Å². The molecule has 3 aromatic heterocycles. The first-order valence-corrected chi connectivity index (χ1v) is 16.0. The van der Waals surface area contributed by atoms with Crippen molar-refractivity contribution in [3.05, 3.63) is 95.1 Å². The van der Waals surface area contributed by atoms with Gasteiger partial charge in [0.05, 0.1) is 11.8 Å². The zero-order valence-electron chi connectivity index (χ0n) is 26.5. The fourth-order valence-electron chi connectivity index (χ4n) is 6.82. The van der Waals surface area contributed by atoms with E-state index in [2.05, 4.69) is 56.1 Å². The van der Waals surface area contributed by atoms with Crippen molar-refractivity contribution in [1.29, 1.82) is 0 Å². The van der Waals surface area contributed by atoms with E-state index in [1.54, 1.807) is 6.20 Å². The summed E-state index contributed by atoms with van der Waals surface area (Å²) in [5.41, 5.74) is 9.27. The monoisotopic (exact) mass is 616 g/mol. The predicted octanol–water partition coefficient (Wildman–Crippen LogP) is 5.73. The van der Waals surface area contributed by atoms with E-state index < -0.39 is 0 Å². The lowest BCUT2D eigenvalue weighted by atomic mass is 9.94. The van der Waals surface area contributed by atoms with Crippen molar-refractivity contribution in [3.63, 3.8) is 0 Å². The number of nitrogens with one attached hydrogen (secondary N) is 3. The molecule has 1 fully saturated rings. The van der Waals surface area contributed by atoms with E-state index in [-0.39, 0.29) is 18.1 Å². The van der Waals surface area contributed by atoms with Gasteiger partial charge in [-0.3, -0.25) is 19.4 Å². The summed E-state index contributed by atoms with van der Waals surface area (Å²) >= 11 is 0. The molecule has 4 N–H and O–H groups in total. The standard InChI is InChI=1S/C36H40N8O2/c1-22-27(28-8-5-10-30(23(28)2)41-36(46)32-18-33-31(37-3)11-6-15-44(33)42-32)7-4-9-29(22)40-35-34-25(12-14-38-35)17-24(19-39-34)20-43-16-13-26(45)21-43/h4-5,7-10,12,14,17-19,26,31,37,45H,6,11,13,15-16,20-21H2,1-3H3,(H,38,40)(H,41,46)/t26-,31-/m1/s1. The zero-order valence-corrected chi connectivity index (χ0v) is 26.5. The first kappa shape index (κ1) is 30.0. The van der Waals surface area contributed by atoms with Gasteiger partial charge in [-0.05, 0) is 98.3 Å². The SMILES string of the molecule is CN[C@@H]1CCCn2nc(C(=O)Nc3cccc(-c4cccc(Nc5nccc6cc(CN7CC[C@@H](O)C7)cnc56)c4C)c3C)cc21. The molecule has 0 unspecified atom stereocenters. The van der Waals surface area contributed by atoms with Crippen LogP contribution in [0.5, 0.6) is 0 Å². The lowest BCUT2D eigenvalue weighted by Crippen LogP contribution is -2.24. The van der Waals surface area contributed by atoms with E-state index in [0.717, 1.165) is 94.7 Å². The first-order valence-electron chi connectivity index (χ1n) is 16.0. The van der Waals surface area contributed by atoms with E-state index in [1.807, 2.05) is 61.2 Å². The van der Waals surface area contributed by atoms with Gasteiger partial charge in [0.15, 0.2) is 11.5 Å². The van der Waals surface area contributed by atoms with Gasteiger partial charge in [-0.15, -0.1) is 0 Å². The Kier molecular flexibility index (Phi) is 8.25. The number of pyridine rings is 2. The van der Waals surface area contributed by atoms with Crippen molar-refractivity contribution in [2.75, 3.05) is 30.8 Å². The van der Waals surface area contributed by atoms with Crippen LogP contribution in [0.2, 0.25) is 0 Å². The number of carbonyl (C=O) groups excluding carboxylic acids is 1. The van der Waals surface area contributed by atoms with E-state index in [1.165, 1.54) is 0 Å². The molecular formula is C36H40N8O2. The number of β-amino-alcohol motifs (C(OH)–C–C–N with tert-alkyl or cyclic N) is 1. The number of fused-ring (bicyclic) bond motifs is 2. The highest BCUT2D eigenvalue weighted by Gasteiger charge is 2.24. The maximum atomic E-state index is 13.3. The number of aromatic nitrogens is 4. The molecule has 7 rings (SSSR count). The Bertz CT molecular complexity index is 1920. The largest absolute Gasteiger partial charge is 0.392 e. The number of rotatable bonds is 8. The van der Waals surface area contributed by atoms with E-state index in [0.29, 0.717) is 18.1 Å². The molecule has 1 saturated heterocycles. The van der Waals surface area contributed by atoms with Crippen molar-refractivity contribution in [2.24, 2.45) is 0 Å². The number of aryl methyl sites for hydroxylation is 1. The molecule has 0 radical (unpaired) electrons. The molecule has 10 heteroatoms. The number of likely N-dealkylation sites (tertiary alicyclic amines) is 1. The summed E-state index contributed by atoms with van der Waals surface area (Å²) in [4.78, 5) is 25.0. The van der Waals surface area contributed by atoms with Crippen molar-refractivity contribution in [3.8, 4) is 11.1 Å². The van der Waals surface area contributed by atoms with Crippen LogP contribution < -0.4 is 16.0 Å². The van der Waals surface area contributed by atoms with Gasteiger partial charge in [-0.25, -0.2) is 4.98 Å². The fraction of sp³-hybridized carbons (Fsp3) is 0.333. The smallest absolute Gasteiger partial charge is 0.276 e. The minimum atomic E-state index is -0.239. The van der Waals surface area contributed by atoms with E-state index in [9.17, 15) is 9.90 Å². The van der Waals surface area contributed by atoms with E-state index in [4.69, 9.17) is 4.98 Å². The molecule has 236 valence electrons. The van der Waals surface area contributed by atoms with Gasteiger partial charge in [0, 0.05) is 61.4 Å². The van der Waals surface area contributed by atoms with Crippen molar-refractivity contribution in [1.82, 2.24) is 30.0 Å². The second kappa shape index (κ2) is 12.6. The highest BCUT2D eigenvalue weighted by Crippen LogP contribution is 2.35. The summed E-state index contributed by atoms with van der Waals surface area (Å²) in [6.07, 6.45) is 6.37. The molecule has 2 atom stereocenters. The van der Waals surface area contributed by atoms with Crippen LogP contribution in [-0.2, 0) is 13.1 Å². The van der Waals surface area contributed by atoms with Gasteiger partial charge >= 0.3 is 0 Å². The van der Waals surface area contributed by atoms with E-state index >= 15 is 0 Å². The molecule has 0 aliphatic carbocycles. The fourth-order valence-corrected chi connectivity index (χ4v) is 6.82. The maximum Gasteiger partial charge on any atom is 0.276 e. The van der Waals surface area contributed by atoms with Gasteiger partial charge in [0.25, 0.3) is 5.91 Å². The second-order valence-corrected chi connectivity index (χ2v) is 12.4. The molecule has 0 spiro atoms. The number of anilines is 3. The number of aliphatic hydroxyl groups is 1. The zero-order chi connectivity index (χ0) is 31.8. The normalized spacial score (nSPS) is 18.1. The molecule has 2 aliphatic heterocycles. The van der Waals surface area contributed by atoms with Crippen LogP contribution in [0.15, 0.2) is 67.0 Å². The van der Waals surface area contributed by atoms with Crippen LogP contribution in [0.1, 0.15) is 58.2 Å². The van der Waals surface area contributed by atoms with Gasteiger partial charge in [-0.2, -0.15) is 5.10 Å². The van der Waals surface area contributed by atoms with Crippen LogP contribution in [0, 0.1) is 13.8 Å². The maximum absolute atomic E-state index is 13.3. The predicted molar refractivity (Wildman–Crippen MR) is 181 cm³/mol. The Morgan fingerprint density at radius 2 is 1.76 bits per heavy atom. The third kappa shape index (κ3) is 5.87. The molecular weight excluding hydrogens is 576 g/mol. The number of hydrogen-bond acceptors (Lipinski definition) is 8. The number of nitrogens with zero attached hydrogens (tertiary/aromatic N) is 5. The van der Waals surface area contributed by atoms with Crippen LogP contribution in [0.3, 0.4) is 0 Å². The summed E-state index contributed by atoms with van der Waals surface area (Å²) in [5.74, 6) is 0.488. The van der Waals surface area contributed by atoms with Crippen molar-refractivity contribution in [2.45, 2.75) is 58.3 Å². The van der Waals surface area contributed by atoms with Gasteiger partial charge < -0.3 is 21.1 Å². The minimum absolute atomic E-state index is 0.208. The molecule has 5 aromatic rings. The lowest BCUT2D eigenvalue weighted by molar-refractivity contribution is 0.102. The second-order valence-electron chi connectivity index (χ2n) is 12.4. The average Bonchev–Trinajstić information content (AvgIpc) is 3.69. The number of amides is 1. The third-order valence-corrected chi connectivity index (χ3v) is 9.38. The Morgan fingerprint density at radius 3 is 2.52 bits per heavy atom. The molecule has 5 heterocycles. The number of carbonyl (C=O) groups is 1. The summed E-state index contributed by atoms with van der Waals surface area (Å²) in [6, 6.07) is 18.4. The average molecular weight is 617 g/mol. The van der Waals surface area contributed by atoms with Gasteiger partial charge in [0.1, 0.15) is 5.52 Å². The Balaban J connectivity index is 1.12. The molecule has 1 amide bonds. The molecule has 2 aliphatic rings. The molecule has 0 saturated carbocycles. The number of hydrogen-bond donors (Lipinski definition) is 4. The van der Waals surface area contributed by atoms with Crippen molar-refractivity contribution >= 4 is 34.0 Å². The van der Waals surface area contributed by atoms with Gasteiger partial charge in [0.2, 0.25) is 0 Å². The van der Waals surface area contributed by atoms with Gasteiger partial charge in [-0.1, -0.05) is 24.3 Å². The third-order valence-electron chi connectivity index (χ3n) is 9.38. The van der Waals surface area contributed by atoms with Crippen LogP contribution in [0.4, 0.5) is 17.2 Å². The summed E-state index contributed by atoms with van der Waals surface area (Å²) in [7, 11) is 1.95. The first-order chi connectivity index (χ1) is 22.4. The molecule has 46 heavy (non-hydrogen) atoms. The minimum Gasteiger partial charge on any atom is -0.392 e. The Hall–Kier alpha value is -4.64. The number of aliphatic hydroxyl groups excluding tert-OH is 1. The van der Waals surface area contributed by atoms with Crippen molar-refractivity contribution < 1.29 is 9.90 Å². The molecule has 10 nitrogen and oxygen atoms in total.